The second-order valence-corrected chi connectivity index (χ2v) is 2.39. The second-order valence-electron chi connectivity index (χ2n) is 2.39. The summed E-state index contributed by atoms with van der Waals surface area (Å²) in [5, 5.41) is 9.22. The largest absolute Gasteiger partial charge is 0.388 e. The minimum Gasteiger partial charge on any atom is -0.388 e. The van der Waals surface area contributed by atoms with E-state index in [2.05, 4.69) is 13.2 Å². The zero-order valence-corrected chi connectivity index (χ0v) is 6.09. The van der Waals surface area contributed by atoms with Crippen LogP contribution in [-0.2, 0) is 0 Å². The molecule has 0 bridgehead atoms. The van der Waals surface area contributed by atoms with Gasteiger partial charge in [-0.1, -0.05) is 25.2 Å². The molecule has 0 spiro atoms. The Morgan fingerprint density at radius 1 is 1.67 bits per heavy atom. The zero-order valence-electron chi connectivity index (χ0n) is 6.09. The monoisotopic (exact) mass is 126 g/mol. The van der Waals surface area contributed by atoms with E-state index >= 15 is 0 Å². The molecule has 2 atom stereocenters. The molecule has 0 fully saturated rings. The third-order valence-electron chi connectivity index (χ3n) is 1.37. The summed E-state index contributed by atoms with van der Waals surface area (Å²) in [5.41, 5.74) is 0.794. The zero-order chi connectivity index (χ0) is 7.44. The molecule has 0 saturated heterocycles. The number of hydrogen-bond acceptors (Lipinski definition) is 1. The van der Waals surface area contributed by atoms with E-state index in [0.717, 1.165) is 5.57 Å². The Morgan fingerprint density at radius 2 is 2.11 bits per heavy atom. The smallest absolute Gasteiger partial charge is 0.0804 e. The van der Waals surface area contributed by atoms with E-state index in [4.69, 9.17) is 0 Å². The third-order valence-corrected chi connectivity index (χ3v) is 1.37. The molecule has 0 aliphatic heterocycles. The fraction of sp³-hybridized carbons (Fsp3) is 0.500. The van der Waals surface area contributed by atoms with Gasteiger partial charge in [-0.15, -0.1) is 6.58 Å². The van der Waals surface area contributed by atoms with Gasteiger partial charge in [-0.2, -0.15) is 0 Å². The standard InChI is InChI=1S/C8H14O/c1-5-7(4)8(9)6(2)3/h5,7-9H,1-2H2,3-4H3/t7-,8-/m1/s1. The van der Waals surface area contributed by atoms with Crippen molar-refractivity contribution in [2.45, 2.75) is 20.0 Å². The summed E-state index contributed by atoms with van der Waals surface area (Å²) in [6, 6.07) is 0. The van der Waals surface area contributed by atoms with Crippen LogP contribution in [0.25, 0.3) is 0 Å². The van der Waals surface area contributed by atoms with Gasteiger partial charge in [0.25, 0.3) is 0 Å². The number of hydrogen-bond donors (Lipinski definition) is 1. The lowest BCUT2D eigenvalue weighted by atomic mass is 10.0. The topological polar surface area (TPSA) is 20.2 Å². The summed E-state index contributed by atoms with van der Waals surface area (Å²) in [7, 11) is 0. The highest BCUT2D eigenvalue weighted by atomic mass is 16.3. The minimum atomic E-state index is -0.428. The first-order valence-electron chi connectivity index (χ1n) is 3.05. The van der Waals surface area contributed by atoms with Gasteiger partial charge in [-0.05, 0) is 6.92 Å². The molecule has 1 N–H and O–H groups in total. The number of aliphatic hydroxyl groups excluding tert-OH is 1. The quantitative estimate of drug-likeness (QED) is 0.571. The summed E-state index contributed by atoms with van der Waals surface area (Å²) >= 11 is 0. The molecule has 1 heteroatoms. The third kappa shape index (κ3) is 2.47. The predicted octanol–water partition coefficient (Wildman–Crippen LogP) is 1.75. The summed E-state index contributed by atoms with van der Waals surface area (Å²) in [4.78, 5) is 0. The Kier molecular flexibility index (Phi) is 3.25. The van der Waals surface area contributed by atoms with Crippen molar-refractivity contribution in [1.82, 2.24) is 0 Å². The van der Waals surface area contributed by atoms with Crippen molar-refractivity contribution in [3.63, 3.8) is 0 Å². The Labute approximate surface area is 56.7 Å². The highest BCUT2D eigenvalue weighted by Crippen LogP contribution is 2.10. The lowest BCUT2D eigenvalue weighted by molar-refractivity contribution is 0.174. The fourth-order valence-corrected chi connectivity index (χ4v) is 0.578. The summed E-state index contributed by atoms with van der Waals surface area (Å²) in [6.07, 6.45) is 1.29. The molecule has 0 radical (unpaired) electrons. The molecule has 0 rings (SSSR count). The number of rotatable bonds is 3. The lowest BCUT2D eigenvalue weighted by Crippen LogP contribution is -2.15. The van der Waals surface area contributed by atoms with Crippen LogP contribution < -0.4 is 0 Å². The summed E-state index contributed by atoms with van der Waals surface area (Å²) in [6.45, 7) is 10.9. The van der Waals surface area contributed by atoms with Gasteiger partial charge >= 0.3 is 0 Å². The van der Waals surface area contributed by atoms with Crippen LogP contribution in [0.5, 0.6) is 0 Å². The van der Waals surface area contributed by atoms with Gasteiger partial charge in [0.15, 0.2) is 0 Å². The highest BCUT2D eigenvalue weighted by molar-refractivity contribution is 5.02. The van der Waals surface area contributed by atoms with Gasteiger partial charge in [-0.3, -0.25) is 0 Å². The highest BCUT2D eigenvalue weighted by Gasteiger charge is 2.09. The van der Waals surface area contributed by atoms with Crippen LogP contribution in [-0.4, -0.2) is 11.2 Å². The van der Waals surface area contributed by atoms with E-state index in [9.17, 15) is 5.11 Å². The molecule has 0 heterocycles. The molecule has 1 nitrogen and oxygen atoms in total. The molecule has 52 valence electrons. The van der Waals surface area contributed by atoms with Crippen molar-refractivity contribution in [1.29, 1.82) is 0 Å². The van der Waals surface area contributed by atoms with Crippen LogP contribution in [0.1, 0.15) is 13.8 Å². The van der Waals surface area contributed by atoms with Crippen molar-refractivity contribution in [2.24, 2.45) is 5.92 Å². The number of aliphatic hydroxyl groups is 1. The van der Waals surface area contributed by atoms with E-state index in [1.807, 2.05) is 13.8 Å². The van der Waals surface area contributed by atoms with Gasteiger partial charge in [0.2, 0.25) is 0 Å². The maximum absolute atomic E-state index is 9.22. The van der Waals surface area contributed by atoms with Crippen molar-refractivity contribution in [3.8, 4) is 0 Å². The summed E-state index contributed by atoms with van der Waals surface area (Å²) in [5.74, 6) is 0.113. The van der Waals surface area contributed by atoms with Crippen LogP contribution in [0.3, 0.4) is 0 Å². The first-order valence-corrected chi connectivity index (χ1v) is 3.05. The molecule has 0 aromatic heterocycles. The molecular weight excluding hydrogens is 112 g/mol. The van der Waals surface area contributed by atoms with Crippen LogP contribution in [0.4, 0.5) is 0 Å². The molecule has 0 aliphatic rings. The van der Waals surface area contributed by atoms with Crippen LogP contribution in [0, 0.1) is 5.92 Å². The van der Waals surface area contributed by atoms with Crippen LogP contribution in [0.2, 0.25) is 0 Å². The Bertz CT molecular complexity index is 116. The first kappa shape index (κ1) is 8.44. The lowest BCUT2D eigenvalue weighted by Gasteiger charge is -2.13. The maximum atomic E-state index is 9.22. The first-order chi connectivity index (χ1) is 4.09. The van der Waals surface area contributed by atoms with E-state index in [1.165, 1.54) is 0 Å². The van der Waals surface area contributed by atoms with Crippen LogP contribution in [0.15, 0.2) is 24.8 Å². The SMILES string of the molecule is C=C[C@@H](C)[C@H](O)C(=C)C. The maximum Gasteiger partial charge on any atom is 0.0804 e. The molecule has 0 unspecified atom stereocenters. The molecule has 0 aromatic rings. The van der Waals surface area contributed by atoms with Gasteiger partial charge in [0.1, 0.15) is 0 Å². The van der Waals surface area contributed by atoms with Gasteiger partial charge in [0, 0.05) is 5.92 Å². The normalized spacial score (nSPS) is 16.3. The predicted molar refractivity (Wildman–Crippen MR) is 40.2 cm³/mol. The van der Waals surface area contributed by atoms with Gasteiger partial charge in [-0.25, -0.2) is 0 Å². The van der Waals surface area contributed by atoms with E-state index in [0.29, 0.717) is 0 Å². The van der Waals surface area contributed by atoms with Gasteiger partial charge < -0.3 is 5.11 Å². The Balaban J connectivity index is 3.86. The van der Waals surface area contributed by atoms with E-state index in [-0.39, 0.29) is 5.92 Å². The second kappa shape index (κ2) is 3.46. The van der Waals surface area contributed by atoms with Gasteiger partial charge in [0.05, 0.1) is 6.10 Å². The van der Waals surface area contributed by atoms with E-state index < -0.39 is 6.10 Å². The van der Waals surface area contributed by atoms with E-state index in [1.54, 1.807) is 6.08 Å². The minimum absolute atomic E-state index is 0.113. The average Bonchev–Trinajstić information content (AvgIpc) is 1.84. The van der Waals surface area contributed by atoms with Crippen molar-refractivity contribution >= 4 is 0 Å². The van der Waals surface area contributed by atoms with Crippen molar-refractivity contribution in [2.75, 3.05) is 0 Å². The molecular formula is C8H14O. The summed E-state index contributed by atoms with van der Waals surface area (Å²) < 4.78 is 0. The van der Waals surface area contributed by atoms with Crippen LogP contribution >= 0.6 is 0 Å². The molecule has 0 aliphatic carbocycles. The Hall–Kier alpha value is -0.560. The molecule has 0 aromatic carbocycles. The average molecular weight is 126 g/mol. The fourth-order valence-electron chi connectivity index (χ4n) is 0.578. The van der Waals surface area contributed by atoms with Crippen molar-refractivity contribution < 1.29 is 5.11 Å². The molecule has 9 heavy (non-hydrogen) atoms. The molecule has 0 amide bonds. The van der Waals surface area contributed by atoms with Crippen molar-refractivity contribution in [3.05, 3.63) is 24.8 Å². The molecule has 0 saturated carbocycles. The Morgan fingerprint density at radius 3 is 2.22 bits per heavy atom.